The summed E-state index contributed by atoms with van der Waals surface area (Å²) in [5.41, 5.74) is 7.18. The molecular weight excluding hydrogens is 220 g/mol. The van der Waals surface area contributed by atoms with Crippen molar-refractivity contribution in [2.24, 2.45) is 23.5 Å². The van der Waals surface area contributed by atoms with E-state index in [0.29, 0.717) is 5.92 Å². The van der Waals surface area contributed by atoms with Crippen LogP contribution in [0.3, 0.4) is 0 Å². The van der Waals surface area contributed by atoms with Gasteiger partial charge in [0.25, 0.3) is 0 Å². The van der Waals surface area contributed by atoms with Crippen molar-refractivity contribution in [3.8, 4) is 0 Å². The van der Waals surface area contributed by atoms with Crippen LogP contribution in [-0.4, -0.2) is 11.5 Å². The maximum atomic E-state index is 5.95. The summed E-state index contributed by atoms with van der Waals surface area (Å²) in [5.74, 6) is 2.38. The summed E-state index contributed by atoms with van der Waals surface area (Å²) in [6, 6.07) is 6.23. The highest BCUT2D eigenvalue weighted by Crippen LogP contribution is 2.37. The minimum Gasteiger partial charge on any atom is -0.330 e. The quantitative estimate of drug-likeness (QED) is 0.864. The van der Waals surface area contributed by atoms with Gasteiger partial charge in [-0.25, -0.2) is 0 Å². The van der Waals surface area contributed by atoms with Gasteiger partial charge in [-0.05, 0) is 55.7 Å². The second-order valence-corrected chi connectivity index (χ2v) is 5.75. The van der Waals surface area contributed by atoms with Crippen molar-refractivity contribution in [3.63, 3.8) is 0 Å². The number of nitrogens with two attached hydrogens (primary N) is 1. The molecule has 1 aliphatic rings. The summed E-state index contributed by atoms with van der Waals surface area (Å²) < 4.78 is 0. The minimum absolute atomic E-state index is 0.708. The molecule has 1 aromatic rings. The van der Waals surface area contributed by atoms with E-state index in [9.17, 15) is 0 Å². The Bertz CT molecular complexity index is 336. The van der Waals surface area contributed by atoms with E-state index in [1.807, 2.05) is 12.3 Å². The highest BCUT2D eigenvalue weighted by atomic mass is 14.7. The number of rotatable bonds is 5. The molecule has 1 heterocycles. The van der Waals surface area contributed by atoms with E-state index in [2.05, 4.69) is 24.0 Å². The SMILES string of the molecule is CCCC1CCC(CN)C(Cc2ccccn2)C1. The van der Waals surface area contributed by atoms with Gasteiger partial charge in [-0.15, -0.1) is 0 Å². The lowest BCUT2D eigenvalue weighted by atomic mass is 9.71. The van der Waals surface area contributed by atoms with Gasteiger partial charge in [0.15, 0.2) is 0 Å². The Kier molecular flexibility index (Phi) is 5.18. The summed E-state index contributed by atoms with van der Waals surface area (Å²) >= 11 is 0. The van der Waals surface area contributed by atoms with Gasteiger partial charge < -0.3 is 5.73 Å². The number of aromatic nitrogens is 1. The first-order chi connectivity index (χ1) is 8.83. The summed E-state index contributed by atoms with van der Waals surface area (Å²) in [6.07, 6.45) is 9.77. The molecule has 3 unspecified atom stereocenters. The van der Waals surface area contributed by atoms with Crippen LogP contribution in [0.25, 0.3) is 0 Å². The first kappa shape index (κ1) is 13.5. The van der Waals surface area contributed by atoms with Crippen molar-refractivity contribution in [2.45, 2.75) is 45.4 Å². The number of pyridine rings is 1. The molecule has 1 fully saturated rings. The Morgan fingerprint density at radius 1 is 1.28 bits per heavy atom. The van der Waals surface area contributed by atoms with Crippen LogP contribution in [0, 0.1) is 17.8 Å². The van der Waals surface area contributed by atoms with Crippen LogP contribution in [0.15, 0.2) is 24.4 Å². The number of nitrogens with zero attached hydrogens (tertiary/aromatic N) is 1. The fraction of sp³-hybridized carbons (Fsp3) is 0.688. The van der Waals surface area contributed by atoms with Crippen LogP contribution in [-0.2, 0) is 6.42 Å². The normalized spacial score (nSPS) is 28.2. The lowest BCUT2D eigenvalue weighted by Crippen LogP contribution is -2.31. The summed E-state index contributed by atoms with van der Waals surface area (Å²) in [4.78, 5) is 4.47. The third-order valence-corrected chi connectivity index (χ3v) is 4.45. The molecule has 100 valence electrons. The summed E-state index contributed by atoms with van der Waals surface area (Å²) in [5, 5.41) is 0. The molecule has 2 N–H and O–H groups in total. The standard InChI is InChI=1S/C16H26N2/c1-2-5-13-7-8-14(12-17)15(10-13)11-16-6-3-4-9-18-16/h3-4,6,9,13-15H,2,5,7-8,10-12,17H2,1H3. The van der Waals surface area contributed by atoms with Gasteiger partial charge in [-0.3, -0.25) is 4.98 Å². The van der Waals surface area contributed by atoms with Gasteiger partial charge in [0.2, 0.25) is 0 Å². The van der Waals surface area contributed by atoms with Gasteiger partial charge in [-0.2, -0.15) is 0 Å². The molecule has 0 aromatic carbocycles. The van der Waals surface area contributed by atoms with E-state index < -0.39 is 0 Å². The third kappa shape index (κ3) is 3.55. The zero-order valence-electron chi connectivity index (χ0n) is 11.5. The Hall–Kier alpha value is -0.890. The van der Waals surface area contributed by atoms with Crippen LogP contribution in [0.2, 0.25) is 0 Å². The Balaban J connectivity index is 1.98. The molecule has 18 heavy (non-hydrogen) atoms. The zero-order chi connectivity index (χ0) is 12.8. The number of hydrogen-bond acceptors (Lipinski definition) is 2. The fourth-order valence-electron chi connectivity index (χ4n) is 3.44. The molecule has 0 spiro atoms. The highest BCUT2D eigenvalue weighted by Gasteiger charge is 2.29. The van der Waals surface area contributed by atoms with E-state index in [1.165, 1.54) is 37.8 Å². The monoisotopic (exact) mass is 246 g/mol. The largest absolute Gasteiger partial charge is 0.330 e. The third-order valence-electron chi connectivity index (χ3n) is 4.45. The average molecular weight is 246 g/mol. The van der Waals surface area contributed by atoms with Crippen LogP contribution < -0.4 is 5.73 Å². The second kappa shape index (κ2) is 6.89. The molecule has 2 heteroatoms. The topological polar surface area (TPSA) is 38.9 Å². The Morgan fingerprint density at radius 3 is 2.83 bits per heavy atom. The van der Waals surface area contributed by atoms with E-state index in [1.54, 1.807) is 0 Å². The van der Waals surface area contributed by atoms with Crippen molar-refractivity contribution in [3.05, 3.63) is 30.1 Å². The molecule has 2 rings (SSSR count). The molecule has 0 aliphatic heterocycles. The second-order valence-electron chi connectivity index (χ2n) is 5.75. The first-order valence-electron chi connectivity index (χ1n) is 7.43. The molecule has 1 aromatic heterocycles. The van der Waals surface area contributed by atoms with E-state index >= 15 is 0 Å². The Labute approximate surface area is 111 Å². The smallest absolute Gasteiger partial charge is 0.0406 e. The Morgan fingerprint density at radius 2 is 2.17 bits per heavy atom. The summed E-state index contributed by atoms with van der Waals surface area (Å²) in [6.45, 7) is 3.14. The van der Waals surface area contributed by atoms with Gasteiger partial charge in [-0.1, -0.05) is 32.3 Å². The van der Waals surface area contributed by atoms with Gasteiger partial charge in [0, 0.05) is 11.9 Å². The van der Waals surface area contributed by atoms with Crippen molar-refractivity contribution in [1.82, 2.24) is 4.98 Å². The van der Waals surface area contributed by atoms with E-state index in [0.717, 1.165) is 24.8 Å². The number of hydrogen-bond donors (Lipinski definition) is 1. The fourth-order valence-corrected chi connectivity index (χ4v) is 3.44. The first-order valence-corrected chi connectivity index (χ1v) is 7.43. The van der Waals surface area contributed by atoms with Crippen LogP contribution >= 0.6 is 0 Å². The van der Waals surface area contributed by atoms with E-state index in [4.69, 9.17) is 5.73 Å². The van der Waals surface area contributed by atoms with Crippen molar-refractivity contribution in [2.75, 3.05) is 6.54 Å². The minimum atomic E-state index is 0.708. The molecule has 0 amide bonds. The van der Waals surface area contributed by atoms with Crippen LogP contribution in [0.4, 0.5) is 0 Å². The molecule has 3 atom stereocenters. The predicted octanol–water partition coefficient (Wildman–Crippen LogP) is 3.42. The van der Waals surface area contributed by atoms with Crippen LogP contribution in [0.5, 0.6) is 0 Å². The van der Waals surface area contributed by atoms with Crippen molar-refractivity contribution in [1.29, 1.82) is 0 Å². The van der Waals surface area contributed by atoms with Gasteiger partial charge in [0.05, 0.1) is 0 Å². The summed E-state index contributed by atoms with van der Waals surface area (Å²) in [7, 11) is 0. The predicted molar refractivity (Wildman–Crippen MR) is 76.2 cm³/mol. The molecule has 1 aliphatic carbocycles. The highest BCUT2D eigenvalue weighted by molar-refractivity contribution is 5.05. The maximum Gasteiger partial charge on any atom is 0.0406 e. The van der Waals surface area contributed by atoms with Crippen molar-refractivity contribution >= 4 is 0 Å². The molecule has 0 bridgehead atoms. The lowest BCUT2D eigenvalue weighted by Gasteiger charge is -2.35. The van der Waals surface area contributed by atoms with Gasteiger partial charge in [0.1, 0.15) is 0 Å². The average Bonchev–Trinajstić information content (AvgIpc) is 2.41. The molecule has 0 saturated heterocycles. The lowest BCUT2D eigenvalue weighted by molar-refractivity contribution is 0.175. The van der Waals surface area contributed by atoms with Crippen molar-refractivity contribution < 1.29 is 0 Å². The maximum absolute atomic E-state index is 5.95. The molecule has 0 radical (unpaired) electrons. The molecule has 2 nitrogen and oxygen atoms in total. The molecule has 1 saturated carbocycles. The van der Waals surface area contributed by atoms with Crippen LogP contribution in [0.1, 0.15) is 44.7 Å². The molecular formula is C16H26N2. The van der Waals surface area contributed by atoms with Gasteiger partial charge >= 0.3 is 0 Å². The zero-order valence-corrected chi connectivity index (χ0v) is 11.5. The van der Waals surface area contributed by atoms with E-state index in [-0.39, 0.29) is 0 Å².